The van der Waals surface area contributed by atoms with Crippen LogP contribution in [0.2, 0.25) is 0 Å². The molecule has 2 heterocycles. The SMILES string of the molecule is Nc1ncc(Br)cc1-c1nc2cc(F)ccc2o1. The van der Waals surface area contributed by atoms with Gasteiger partial charge in [0.2, 0.25) is 5.89 Å². The van der Waals surface area contributed by atoms with Gasteiger partial charge in [-0.1, -0.05) is 0 Å². The number of hydrogen-bond donors (Lipinski definition) is 1. The van der Waals surface area contributed by atoms with Crippen LogP contribution in [0.5, 0.6) is 0 Å². The number of benzene rings is 1. The Kier molecular flexibility index (Phi) is 2.52. The molecule has 0 aliphatic carbocycles. The summed E-state index contributed by atoms with van der Waals surface area (Å²) in [6, 6.07) is 5.91. The smallest absolute Gasteiger partial charge is 0.231 e. The van der Waals surface area contributed by atoms with E-state index in [9.17, 15) is 4.39 Å². The molecule has 2 N–H and O–H groups in total. The number of aromatic nitrogens is 2. The number of nitrogen functional groups attached to an aromatic ring is 1. The third-order valence-corrected chi connectivity index (χ3v) is 2.90. The molecule has 0 unspecified atom stereocenters. The molecule has 0 radical (unpaired) electrons. The molecule has 0 amide bonds. The van der Waals surface area contributed by atoms with Crippen molar-refractivity contribution in [2.45, 2.75) is 0 Å². The van der Waals surface area contributed by atoms with Gasteiger partial charge in [0.15, 0.2) is 5.58 Å². The zero-order valence-electron chi connectivity index (χ0n) is 9.02. The van der Waals surface area contributed by atoms with Crippen LogP contribution in [-0.4, -0.2) is 9.97 Å². The van der Waals surface area contributed by atoms with Crippen LogP contribution in [0.25, 0.3) is 22.6 Å². The van der Waals surface area contributed by atoms with Crippen LogP contribution in [0.15, 0.2) is 39.4 Å². The molecule has 0 saturated heterocycles. The van der Waals surface area contributed by atoms with Gasteiger partial charge in [-0.2, -0.15) is 0 Å². The number of halogens is 2. The largest absolute Gasteiger partial charge is 0.436 e. The Hall–Kier alpha value is -1.95. The molecule has 0 saturated carbocycles. The van der Waals surface area contributed by atoms with Crippen LogP contribution in [0.3, 0.4) is 0 Å². The molecule has 0 atom stereocenters. The second-order valence-corrected chi connectivity index (χ2v) is 4.63. The zero-order chi connectivity index (χ0) is 12.7. The lowest BCUT2D eigenvalue weighted by atomic mass is 10.2. The van der Waals surface area contributed by atoms with E-state index in [1.807, 2.05) is 0 Å². The van der Waals surface area contributed by atoms with Gasteiger partial charge in [-0.15, -0.1) is 0 Å². The van der Waals surface area contributed by atoms with Crippen molar-refractivity contribution in [2.75, 3.05) is 5.73 Å². The summed E-state index contributed by atoms with van der Waals surface area (Å²) in [4.78, 5) is 8.20. The lowest BCUT2D eigenvalue weighted by Crippen LogP contribution is -1.93. The van der Waals surface area contributed by atoms with Crippen molar-refractivity contribution < 1.29 is 8.81 Å². The standard InChI is InChI=1S/C12H7BrFN3O/c13-6-3-8(11(15)16-5-6)12-17-9-4-7(14)1-2-10(9)18-12/h1-5H,(H2,15,16). The van der Waals surface area contributed by atoms with Crippen LogP contribution in [0, 0.1) is 5.82 Å². The number of fused-ring (bicyclic) bond motifs is 1. The first-order valence-electron chi connectivity index (χ1n) is 5.11. The normalized spacial score (nSPS) is 11.0. The van der Waals surface area contributed by atoms with E-state index in [0.717, 1.165) is 4.47 Å². The average Bonchev–Trinajstić information content (AvgIpc) is 2.74. The maximum Gasteiger partial charge on any atom is 0.231 e. The van der Waals surface area contributed by atoms with E-state index in [0.29, 0.717) is 28.4 Å². The molecule has 0 aliphatic heterocycles. The van der Waals surface area contributed by atoms with E-state index in [-0.39, 0.29) is 5.82 Å². The molecule has 0 spiro atoms. The third-order valence-electron chi connectivity index (χ3n) is 2.47. The highest BCUT2D eigenvalue weighted by atomic mass is 79.9. The van der Waals surface area contributed by atoms with Crippen LogP contribution in [0.4, 0.5) is 10.2 Å². The number of anilines is 1. The number of oxazole rings is 1. The number of pyridine rings is 1. The maximum absolute atomic E-state index is 13.1. The second kappa shape index (κ2) is 4.06. The van der Waals surface area contributed by atoms with Crippen molar-refractivity contribution in [3.8, 4) is 11.5 Å². The van der Waals surface area contributed by atoms with Gasteiger partial charge in [0.25, 0.3) is 0 Å². The van der Waals surface area contributed by atoms with E-state index in [1.165, 1.54) is 18.2 Å². The summed E-state index contributed by atoms with van der Waals surface area (Å²) in [6.45, 7) is 0. The predicted molar refractivity (Wildman–Crippen MR) is 69.3 cm³/mol. The lowest BCUT2D eigenvalue weighted by molar-refractivity contribution is 0.614. The first kappa shape index (κ1) is 11.2. The summed E-state index contributed by atoms with van der Waals surface area (Å²) in [5.41, 5.74) is 7.29. The average molecular weight is 308 g/mol. The molecular weight excluding hydrogens is 301 g/mol. The van der Waals surface area contributed by atoms with Gasteiger partial charge >= 0.3 is 0 Å². The molecule has 3 rings (SSSR count). The molecule has 0 bridgehead atoms. The van der Waals surface area contributed by atoms with Crippen molar-refractivity contribution in [2.24, 2.45) is 0 Å². The van der Waals surface area contributed by atoms with Gasteiger partial charge in [-0.3, -0.25) is 0 Å². The van der Waals surface area contributed by atoms with E-state index < -0.39 is 0 Å². The second-order valence-electron chi connectivity index (χ2n) is 3.72. The van der Waals surface area contributed by atoms with Crippen LogP contribution in [-0.2, 0) is 0 Å². The highest BCUT2D eigenvalue weighted by Crippen LogP contribution is 2.29. The molecule has 0 fully saturated rings. The van der Waals surface area contributed by atoms with Crippen molar-refractivity contribution >= 4 is 32.8 Å². The van der Waals surface area contributed by atoms with Gasteiger partial charge in [0, 0.05) is 16.7 Å². The third kappa shape index (κ3) is 1.84. The first-order valence-corrected chi connectivity index (χ1v) is 5.90. The predicted octanol–water partition coefficient (Wildman–Crippen LogP) is 3.37. The number of nitrogens with two attached hydrogens (primary N) is 1. The lowest BCUT2D eigenvalue weighted by Gasteiger charge is -1.99. The van der Waals surface area contributed by atoms with Gasteiger partial charge < -0.3 is 10.2 Å². The minimum Gasteiger partial charge on any atom is -0.436 e. The highest BCUT2D eigenvalue weighted by molar-refractivity contribution is 9.10. The molecule has 0 aliphatic rings. The van der Waals surface area contributed by atoms with Gasteiger partial charge in [0.1, 0.15) is 17.2 Å². The van der Waals surface area contributed by atoms with E-state index in [2.05, 4.69) is 25.9 Å². The monoisotopic (exact) mass is 307 g/mol. The minimum atomic E-state index is -0.359. The fourth-order valence-electron chi connectivity index (χ4n) is 1.64. The fourth-order valence-corrected chi connectivity index (χ4v) is 1.97. The Morgan fingerprint density at radius 3 is 2.94 bits per heavy atom. The Morgan fingerprint density at radius 2 is 2.11 bits per heavy atom. The topological polar surface area (TPSA) is 64.9 Å². The maximum atomic E-state index is 13.1. The van der Waals surface area contributed by atoms with Crippen molar-refractivity contribution in [3.63, 3.8) is 0 Å². The molecule has 3 aromatic rings. The molecule has 18 heavy (non-hydrogen) atoms. The van der Waals surface area contributed by atoms with E-state index in [4.69, 9.17) is 10.2 Å². The van der Waals surface area contributed by atoms with Gasteiger partial charge in [0.05, 0.1) is 5.56 Å². The van der Waals surface area contributed by atoms with Crippen LogP contribution < -0.4 is 5.73 Å². The first-order chi connectivity index (χ1) is 8.63. The van der Waals surface area contributed by atoms with Gasteiger partial charge in [-0.05, 0) is 34.1 Å². The minimum absolute atomic E-state index is 0.310. The van der Waals surface area contributed by atoms with Crippen molar-refractivity contribution in [1.29, 1.82) is 0 Å². The Labute approximate surface area is 110 Å². The van der Waals surface area contributed by atoms with Crippen molar-refractivity contribution in [3.05, 3.63) is 40.8 Å². The summed E-state index contributed by atoms with van der Waals surface area (Å²) in [5.74, 6) is 0.273. The molecule has 1 aromatic carbocycles. The highest BCUT2D eigenvalue weighted by Gasteiger charge is 2.12. The summed E-state index contributed by atoms with van der Waals surface area (Å²) in [7, 11) is 0. The number of rotatable bonds is 1. The molecule has 6 heteroatoms. The Bertz CT molecular complexity index is 741. The molecular formula is C12H7BrFN3O. The Balaban J connectivity index is 2.22. The molecule has 2 aromatic heterocycles. The fraction of sp³-hybridized carbons (Fsp3) is 0. The molecule has 90 valence electrons. The van der Waals surface area contributed by atoms with Crippen LogP contribution in [0.1, 0.15) is 0 Å². The van der Waals surface area contributed by atoms with Crippen LogP contribution >= 0.6 is 15.9 Å². The van der Waals surface area contributed by atoms with Gasteiger partial charge in [-0.25, -0.2) is 14.4 Å². The van der Waals surface area contributed by atoms with Crippen molar-refractivity contribution in [1.82, 2.24) is 9.97 Å². The molecule has 4 nitrogen and oxygen atoms in total. The zero-order valence-corrected chi connectivity index (χ0v) is 10.6. The number of hydrogen-bond acceptors (Lipinski definition) is 4. The quantitative estimate of drug-likeness (QED) is 0.748. The van der Waals surface area contributed by atoms with E-state index >= 15 is 0 Å². The summed E-state index contributed by atoms with van der Waals surface area (Å²) < 4.78 is 19.4. The summed E-state index contributed by atoms with van der Waals surface area (Å²) >= 11 is 3.30. The summed E-state index contributed by atoms with van der Waals surface area (Å²) in [5, 5.41) is 0. The Morgan fingerprint density at radius 1 is 1.28 bits per heavy atom. The summed E-state index contributed by atoms with van der Waals surface area (Å²) in [6.07, 6.45) is 1.58. The number of nitrogens with zero attached hydrogens (tertiary/aromatic N) is 2. The van der Waals surface area contributed by atoms with E-state index in [1.54, 1.807) is 12.3 Å².